The van der Waals surface area contributed by atoms with Gasteiger partial charge in [-0.3, -0.25) is 0 Å². The standard InChI is InChI=1S/C16H12FNO2/c17-16-15(19)14-7-6-13(8-12(14)9-18-16)20-10-11-4-2-1-3-5-11/h1-9,19H,10H2. The third-order valence-corrected chi connectivity index (χ3v) is 3.04. The average molecular weight is 269 g/mol. The molecule has 0 radical (unpaired) electrons. The van der Waals surface area contributed by atoms with Crippen LogP contribution in [0.3, 0.4) is 0 Å². The minimum absolute atomic E-state index is 0.421. The summed E-state index contributed by atoms with van der Waals surface area (Å²) < 4.78 is 18.8. The van der Waals surface area contributed by atoms with Crippen LogP contribution in [-0.4, -0.2) is 10.1 Å². The summed E-state index contributed by atoms with van der Waals surface area (Å²) in [6.45, 7) is 0.451. The van der Waals surface area contributed by atoms with E-state index in [2.05, 4.69) is 4.98 Å². The average Bonchev–Trinajstić information content (AvgIpc) is 2.50. The predicted molar refractivity (Wildman–Crippen MR) is 74.1 cm³/mol. The molecule has 4 heteroatoms. The molecule has 0 atom stereocenters. The summed E-state index contributed by atoms with van der Waals surface area (Å²) in [5, 5.41) is 10.6. The van der Waals surface area contributed by atoms with E-state index < -0.39 is 11.7 Å². The van der Waals surface area contributed by atoms with Crippen LogP contribution in [0.2, 0.25) is 0 Å². The Kier molecular flexibility index (Phi) is 3.21. The summed E-state index contributed by atoms with van der Waals surface area (Å²) in [4.78, 5) is 3.49. The molecule has 1 N–H and O–H groups in total. The van der Waals surface area contributed by atoms with Crippen molar-refractivity contribution >= 4 is 10.8 Å². The van der Waals surface area contributed by atoms with Gasteiger partial charge < -0.3 is 9.84 Å². The Hall–Kier alpha value is -2.62. The fourth-order valence-electron chi connectivity index (χ4n) is 1.99. The zero-order valence-electron chi connectivity index (χ0n) is 10.6. The van der Waals surface area contributed by atoms with Crippen molar-refractivity contribution in [2.75, 3.05) is 0 Å². The van der Waals surface area contributed by atoms with Gasteiger partial charge in [0.25, 0.3) is 5.95 Å². The van der Waals surface area contributed by atoms with Crippen LogP contribution in [-0.2, 0) is 6.61 Å². The first-order valence-electron chi connectivity index (χ1n) is 6.18. The van der Waals surface area contributed by atoms with Crippen LogP contribution < -0.4 is 4.74 Å². The van der Waals surface area contributed by atoms with Crippen molar-refractivity contribution in [1.82, 2.24) is 4.98 Å². The molecule has 0 saturated carbocycles. The molecule has 0 aliphatic heterocycles. The number of halogens is 1. The second kappa shape index (κ2) is 5.17. The Morgan fingerprint density at radius 1 is 1.10 bits per heavy atom. The Morgan fingerprint density at radius 3 is 2.70 bits per heavy atom. The van der Waals surface area contributed by atoms with Crippen LogP contribution in [0.15, 0.2) is 54.7 Å². The first-order chi connectivity index (χ1) is 9.74. The molecule has 1 aromatic heterocycles. The van der Waals surface area contributed by atoms with Crippen LogP contribution in [0.4, 0.5) is 4.39 Å². The van der Waals surface area contributed by atoms with Crippen molar-refractivity contribution < 1.29 is 14.2 Å². The van der Waals surface area contributed by atoms with Crippen molar-refractivity contribution in [3.63, 3.8) is 0 Å². The van der Waals surface area contributed by atoms with E-state index >= 15 is 0 Å². The Labute approximate surface area is 115 Å². The van der Waals surface area contributed by atoms with Gasteiger partial charge >= 0.3 is 0 Å². The highest BCUT2D eigenvalue weighted by Crippen LogP contribution is 2.29. The highest BCUT2D eigenvalue weighted by atomic mass is 19.1. The second-order valence-electron chi connectivity index (χ2n) is 4.42. The molecule has 0 amide bonds. The minimum Gasteiger partial charge on any atom is -0.503 e. The zero-order chi connectivity index (χ0) is 13.9. The summed E-state index contributed by atoms with van der Waals surface area (Å²) in [6.07, 6.45) is 1.37. The number of rotatable bonds is 3. The Bertz CT molecular complexity index is 744. The lowest BCUT2D eigenvalue weighted by molar-refractivity contribution is 0.306. The molecular weight excluding hydrogens is 257 g/mol. The van der Waals surface area contributed by atoms with E-state index in [-0.39, 0.29) is 0 Å². The van der Waals surface area contributed by atoms with Crippen LogP contribution in [0.5, 0.6) is 11.5 Å². The normalized spacial score (nSPS) is 10.7. The van der Waals surface area contributed by atoms with E-state index in [0.717, 1.165) is 5.56 Å². The fourth-order valence-corrected chi connectivity index (χ4v) is 1.99. The van der Waals surface area contributed by atoms with Gasteiger partial charge in [0.15, 0.2) is 5.75 Å². The molecule has 3 nitrogen and oxygen atoms in total. The molecule has 0 aliphatic carbocycles. The lowest BCUT2D eigenvalue weighted by atomic mass is 10.1. The maximum atomic E-state index is 13.1. The molecule has 0 spiro atoms. The smallest absolute Gasteiger partial charge is 0.255 e. The molecule has 1 heterocycles. The van der Waals surface area contributed by atoms with Gasteiger partial charge in [-0.2, -0.15) is 4.39 Å². The highest BCUT2D eigenvalue weighted by Gasteiger charge is 2.08. The van der Waals surface area contributed by atoms with E-state index in [0.29, 0.717) is 23.1 Å². The van der Waals surface area contributed by atoms with Crippen molar-refractivity contribution in [2.45, 2.75) is 6.61 Å². The van der Waals surface area contributed by atoms with E-state index in [1.165, 1.54) is 6.20 Å². The zero-order valence-corrected chi connectivity index (χ0v) is 10.6. The summed E-state index contributed by atoms with van der Waals surface area (Å²) in [5.74, 6) is -0.651. The van der Waals surface area contributed by atoms with Gasteiger partial charge in [0, 0.05) is 17.0 Å². The first kappa shape index (κ1) is 12.4. The number of pyridine rings is 1. The summed E-state index contributed by atoms with van der Waals surface area (Å²) in [5.41, 5.74) is 1.06. The monoisotopic (exact) mass is 269 g/mol. The van der Waals surface area contributed by atoms with E-state index in [1.807, 2.05) is 30.3 Å². The van der Waals surface area contributed by atoms with Gasteiger partial charge in [-0.1, -0.05) is 30.3 Å². The van der Waals surface area contributed by atoms with Crippen molar-refractivity contribution in [1.29, 1.82) is 0 Å². The number of aromatic nitrogens is 1. The molecule has 0 aliphatic rings. The number of hydrogen-bond donors (Lipinski definition) is 1. The maximum absolute atomic E-state index is 13.1. The molecular formula is C16H12FNO2. The van der Waals surface area contributed by atoms with Crippen LogP contribution in [0, 0.1) is 5.95 Å². The molecule has 20 heavy (non-hydrogen) atoms. The van der Waals surface area contributed by atoms with Crippen molar-refractivity contribution in [2.24, 2.45) is 0 Å². The van der Waals surface area contributed by atoms with E-state index in [4.69, 9.17) is 4.74 Å². The van der Waals surface area contributed by atoms with Gasteiger partial charge in [0.05, 0.1) is 0 Å². The lowest BCUT2D eigenvalue weighted by Gasteiger charge is -2.08. The largest absolute Gasteiger partial charge is 0.503 e. The summed E-state index contributed by atoms with van der Waals surface area (Å²) in [6, 6.07) is 14.8. The third kappa shape index (κ3) is 2.40. The molecule has 0 bridgehead atoms. The molecule has 100 valence electrons. The number of aromatic hydroxyl groups is 1. The molecule has 0 saturated heterocycles. The topological polar surface area (TPSA) is 42.4 Å². The number of benzene rings is 2. The molecule has 0 unspecified atom stereocenters. The molecule has 3 rings (SSSR count). The van der Waals surface area contributed by atoms with Crippen LogP contribution in [0.25, 0.3) is 10.8 Å². The summed E-state index contributed by atoms with van der Waals surface area (Å²) >= 11 is 0. The van der Waals surface area contributed by atoms with Crippen molar-refractivity contribution in [3.8, 4) is 11.5 Å². The number of nitrogens with zero attached hydrogens (tertiary/aromatic N) is 1. The maximum Gasteiger partial charge on any atom is 0.255 e. The lowest BCUT2D eigenvalue weighted by Crippen LogP contribution is -1.95. The summed E-state index contributed by atoms with van der Waals surface area (Å²) in [7, 11) is 0. The van der Waals surface area contributed by atoms with Crippen LogP contribution >= 0.6 is 0 Å². The second-order valence-corrected chi connectivity index (χ2v) is 4.42. The van der Waals surface area contributed by atoms with Gasteiger partial charge in [0.1, 0.15) is 12.4 Å². The van der Waals surface area contributed by atoms with Gasteiger partial charge in [0.2, 0.25) is 0 Å². The van der Waals surface area contributed by atoms with E-state index in [1.54, 1.807) is 18.2 Å². The van der Waals surface area contributed by atoms with E-state index in [9.17, 15) is 9.50 Å². The van der Waals surface area contributed by atoms with Crippen molar-refractivity contribution in [3.05, 3.63) is 66.2 Å². The number of fused-ring (bicyclic) bond motifs is 1. The molecule has 3 aromatic rings. The number of hydrogen-bond acceptors (Lipinski definition) is 3. The fraction of sp³-hybridized carbons (Fsp3) is 0.0625. The number of ether oxygens (including phenoxy) is 1. The third-order valence-electron chi connectivity index (χ3n) is 3.04. The SMILES string of the molecule is Oc1c(F)ncc2cc(OCc3ccccc3)ccc12. The first-order valence-corrected chi connectivity index (χ1v) is 6.18. The Balaban J connectivity index is 1.85. The minimum atomic E-state index is -0.865. The van der Waals surface area contributed by atoms with Gasteiger partial charge in [-0.25, -0.2) is 4.98 Å². The highest BCUT2D eigenvalue weighted by molar-refractivity contribution is 5.88. The Morgan fingerprint density at radius 2 is 1.90 bits per heavy atom. The van der Waals surface area contributed by atoms with Gasteiger partial charge in [-0.05, 0) is 23.8 Å². The van der Waals surface area contributed by atoms with Gasteiger partial charge in [-0.15, -0.1) is 0 Å². The molecule has 0 fully saturated rings. The quantitative estimate of drug-likeness (QED) is 0.738. The predicted octanol–water partition coefficient (Wildman–Crippen LogP) is 3.66. The van der Waals surface area contributed by atoms with Crippen LogP contribution in [0.1, 0.15) is 5.56 Å². The molecule has 2 aromatic carbocycles.